The van der Waals surface area contributed by atoms with Gasteiger partial charge in [0.05, 0.1) is 5.56 Å². The van der Waals surface area contributed by atoms with Crippen LogP contribution >= 0.6 is 0 Å². The summed E-state index contributed by atoms with van der Waals surface area (Å²) < 4.78 is 25.7. The van der Waals surface area contributed by atoms with Gasteiger partial charge in [0, 0.05) is 18.3 Å². The summed E-state index contributed by atoms with van der Waals surface area (Å²) >= 11 is 0. The summed E-state index contributed by atoms with van der Waals surface area (Å²) in [4.78, 5) is 14.8. The molecule has 92 valence electrons. The van der Waals surface area contributed by atoms with Gasteiger partial charge in [0.25, 0.3) is 0 Å². The molecular formula is C13H9F2NO2. The second-order valence-corrected chi connectivity index (χ2v) is 3.77. The average molecular weight is 249 g/mol. The largest absolute Gasteiger partial charge is 0.478 e. The summed E-state index contributed by atoms with van der Waals surface area (Å²) in [6.07, 6.45) is 1.62. The molecule has 0 saturated carbocycles. The van der Waals surface area contributed by atoms with Crippen molar-refractivity contribution in [3.8, 4) is 0 Å². The van der Waals surface area contributed by atoms with Gasteiger partial charge in [-0.25, -0.2) is 13.6 Å². The zero-order valence-corrected chi connectivity index (χ0v) is 9.23. The number of aromatic nitrogens is 1. The van der Waals surface area contributed by atoms with E-state index in [1.54, 1.807) is 0 Å². The number of nitrogens with zero attached hydrogens (tertiary/aromatic N) is 1. The monoisotopic (exact) mass is 249 g/mol. The lowest BCUT2D eigenvalue weighted by Gasteiger charge is -2.03. The van der Waals surface area contributed by atoms with E-state index in [0.29, 0.717) is 11.3 Å². The van der Waals surface area contributed by atoms with Crippen LogP contribution in [0.15, 0.2) is 36.5 Å². The number of rotatable bonds is 3. The molecule has 3 nitrogen and oxygen atoms in total. The first-order chi connectivity index (χ1) is 8.56. The van der Waals surface area contributed by atoms with E-state index in [0.717, 1.165) is 12.1 Å². The number of carbonyl (C=O) groups is 1. The smallest absolute Gasteiger partial charge is 0.335 e. The number of hydrogen-bond donors (Lipinski definition) is 1. The number of carboxylic acid groups (broad SMARTS) is 1. The van der Waals surface area contributed by atoms with Crippen LogP contribution in [0.5, 0.6) is 0 Å². The maximum atomic E-state index is 13.0. The third kappa shape index (κ3) is 2.68. The van der Waals surface area contributed by atoms with Gasteiger partial charge in [-0.2, -0.15) is 0 Å². The highest BCUT2D eigenvalue weighted by Crippen LogP contribution is 2.13. The van der Waals surface area contributed by atoms with Gasteiger partial charge >= 0.3 is 5.97 Å². The molecule has 1 aromatic heterocycles. The van der Waals surface area contributed by atoms with Crippen LogP contribution < -0.4 is 0 Å². The van der Waals surface area contributed by atoms with Crippen molar-refractivity contribution < 1.29 is 18.7 Å². The molecule has 0 aliphatic carbocycles. The standard InChI is InChI=1S/C13H9F2NO2/c14-11-2-1-8(6-12(11)15)5-10-7-9(13(17)18)3-4-16-10/h1-4,6-7H,5H2,(H,17,18). The van der Waals surface area contributed by atoms with Gasteiger partial charge in [0.15, 0.2) is 11.6 Å². The van der Waals surface area contributed by atoms with Crippen LogP contribution in [0.25, 0.3) is 0 Å². The quantitative estimate of drug-likeness (QED) is 0.909. The van der Waals surface area contributed by atoms with Gasteiger partial charge in [-0.3, -0.25) is 4.98 Å². The first-order valence-electron chi connectivity index (χ1n) is 5.18. The van der Waals surface area contributed by atoms with Gasteiger partial charge in [-0.15, -0.1) is 0 Å². The number of hydrogen-bond acceptors (Lipinski definition) is 2. The fourth-order valence-corrected chi connectivity index (χ4v) is 1.57. The van der Waals surface area contributed by atoms with E-state index < -0.39 is 17.6 Å². The van der Waals surface area contributed by atoms with Gasteiger partial charge in [-0.05, 0) is 29.8 Å². The average Bonchev–Trinajstić information content (AvgIpc) is 2.34. The molecule has 18 heavy (non-hydrogen) atoms. The number of pyridine rings is 1. The molecule has 0 bridgehead atoms. The normalized spacial score (nSPS) is 10.3. The first-order valence-corrected chi connectivity index (χ1v) is 5.18. The summed E-state index contributed by atoms with van der Waals surface area (Å²) in [6, 6.07) is 6.32. The van der Waals surface area contributed by atoms with Crippen molar-refractivity contribution >= 4 is 5.97 Å². The second kappa shape index (κ2) is 4.91. The van der Waals surface area contributed by atoms with E-state index in [1.165, 1.54) is 24.4 Å². The van der Waals surface area contributed by atoms with E-state index in [1.807, 2.05) is 0 Å². The molecule has 0 atom stereocenters. The molecule has 1 N–H and O–H groups in total. The van der Waals surface area contributed by atoms with Crippen LogP contribution in [0.3, 0.4) is 0 Å². The Morgan fingerprint density at radius 1 is 1.17 bits per heavy atom. The molecule has 0 aliphatic heterocycles. The van der Waals surface area contributed by atoms with E-state index >= 15 is 0 Å². The van der Waals surface area contributed by atoms with Crippen molar-refractivity contribution in [2.75, 3.05) is 0 Å². The van der Waals surface area contributed by atoms with Crippen molar-refractivity contribution in [1.29, 1.82) is 0 Å². The Bertz CT molecular complexity index is 599. The Morgan fingerprint density at radius 3 is 2.61 bits per heavy atom. The Hall–Kier alpha value is -2.30. The highest BCUT2D eigenvalue weighted by Gasteiger charge is 2.07. The molecule has 0 saturated heterocycles. The van der Waals surface area contributed by atoms with Crippen LogP contribution in [0.4, 0.5) is 8.78 Å². The lowest BCUT2D eigenvalue weighted by atomic mass is 10.1. The van der Waals surface area contributed by atoms with Gasteiger partial charge in [-0.1, -0.05) is 6.07 Å². The number of carboxylic acids is 1. The van der Waals surface area contributed by atoms with E-state index in [9.17, 15) is 13.6 Å². The SMILES string of the molecule is O=C(O)c1ccnc(Cc2ccc(F)c(F)c2)c1. The molecular weight excluding hydrogens is 240 g/mol. The number of halogens is 2. The zero-order valence-electron chi connectivity index (χ0n) is 9.23. The van der Waals surface area contributed by atoms with Gasteiger partial charge in [0.2, 0.25) is 0 Å². The number of aromatic carboxylic acids is 1. The summed E-state index contributed by atoms with van der Waals surface area (Å²) in [7, 11) is 0. The topological polar surface area (TPSA) is 50.2 Å². The third-order valence-electron chi connectivity index (χ3n) is 2.43. The fraction of sp³-hybridized carbons (Fsp3) is 0.0769. The summed E-state index contributed by atoms with van der Waals surface area (Å²) in [5.74, 6) is -2.89. The Labute approximate surface area is 102 Å². The molecule has 2 rings (SSSR count). The van der Waals surface area contributed by atoms with Gasteiger partial charge < -0.3 is 5.11 Å². The van der Waals surface area contributed by atoms with E-state index in [-0.39, 0.29) is 12.0 Å². The van der Waals surface area contributed by atoms with Crippen molar-refractivity contribution in [3.05, 3.63) is 65.0 Å². The van der Waals surface area contributed by atoms with Crippen molar-refractivity contribution in [3.63, 3.8) is 0 Å². The molecule has 1 aromatic carbocycles. The summed E-state index contributed by atoms with van der Waals surface area (Å²) in [5.41, 5.74) is 1.13. The number of benzene rings is 1. The zero-order chi connectivity index (χ0) is 13.1. The van der Waals surface area contributed by atoms with Gasteiger partial charge in [0.1, 0.15) is 0 Å². The molecule has 1 heterocycles. The Kier molecular flexibility index (Phi) is 3.32. The van der Waals surface area contributed by atoms with E-state index in [4.69, 9.17) is 5.11 Å². The highest BCUT2D eigenvalue weighted by molar-refractivity contribution is 5.87. The van der Waals surface area contributed by atoms with Crippen molar-refractivity contribution in [1.82, 2.24) is 4.98 Å². The predicted octanol–water partition coefficient (Wildman–Crippen LogP) is 2.65. The molecule has 0 spiro atoms. The maximum Gasteiger partial charge on any atom is 0.335 e. The molecule has 0 fully saturated rings. The van der Waals surface area contributed by atoms with Crippen LogP contribution in [0.2, 0.25) is 0 Å². The van der Waals surface area contributed by atoms with Crippen LogP contribution in [0, 0.1) is 11.6 Å². The summed E-state index contributed by atoms with van der Waals surface area (Å²) in [5, 5.41) is 8.82. The molecule has 0 amide bonds. The molecule has 0 unspecified atom stereocenters. The third-order valence-corrected chi connectivity index (χ3v) is 2.43. The Morgan fingerprint density at radius 2 is 1.94 bits per heavy atom. The fourth-order valence-electron chi connectivity index (χ4n) is 1.57. The van der Waals surface area contributed by atoms with Crippen LogP contribution in [0.1, 0.15) is 21.6 Å². The molecule has 0 radical (unpaired) electrons. The predicted molar refractivity (Wildman–Crippen MR) is 60.4 cm³/mol. The molecule has 2 aromatic rings. The minimum atomic E-state index is -1.05. The van der Waals surface area contributed by atoms with Crippen molar-refractivity contribution in [2.24, 2.45) is 0 Å². The first kappa shape index (κ1) is 12.2. The Balaban J connectivity index is 2.25. The highest BCUT2D eigenvalue weighted by atomic mass is 19.2. The minimum absolute atomic E-state index is 0.114. The van der Waals surface area contributed by atoms with Crippen LogP contribution in [-0.4, -0.2) is 16.1 Å². The lowest BCUT2D eigenvalue weighted by molar-refractivity contribution is 0.0696. The maximum absolute atomic E-state index is 13.0. The lowest BCUT2D eigenvalue weighted by Crippen LogP contribution is -2.00. The molecule has 0 aliphatic rings. The minimum Gasteiger partial charge on any atom is -0.478 e. The van der Waals surface area contributed by atoms with Crippen molar-refractivity contribution in [2.45, 2.75) is 6.42 Å². The van der Waals surface area contributed by atoms with Crippen LogP contribution in [-0.2, 0) is 6.42 Å². The van der Waals surface area contributed by atoms with E-state index in [2.05, 4.69) is 4.98 Å². The second-order valence-electron chi connectivity index (χ2n) is 3.77. The summed E-state index contributed by atoms with van der Waals surface area (Å²) in [6.45, 7) is 0. The molecule has 5 heteroatoms.